The lowest BCUT2D eigenvalue weighted by Gasteiger charge is -2.08. The Morgan fingerprint density at radius 2 is 2.00 bits per heavy atom. The number of aromatic amines is 1. The number of benzene rings is 1. The first-order valence-corrected chi connectivity index (χ1v) is 6.99. The Bertz CT molecular complexity index is 874. The van der Waals surface area contributed by atoms with Crippen LogP contribution in [0.2, 0.25) is 0 Å². The first-order chi connectivity index (χ1) is 9.56. The van der Waals surface area contributed by atoms with Gasteiger partial charge in [0.05, 0.1) is 5.52 Å². The van der Waals surface area contributed by atoms with Crippen molar-refractivity contribution in [3.63, 3.8) is 0 Å². The summed E-state index contributed by atoms with van der Waals surface area (Å²) >= 11 is 1.76. The Morgan fingerprint density at radius 3 is 2.75 bits per heavy atom. The molecule has 0 radical (unpaired) electrons. The highest BCUT2D eigenvalue weighted by Gasteiger charge is 2.12. The lowest BCUT2D eigenvalue weighted by atomic mass is 10.1. The molecular weight excluding hydrogens is 369 g/mol. The predicted molar refractivity (Wildman–Crippen MR) is 84.7 cm³/mol. The average molecular weight is 379 g/mol. The molecule has 0 bridgehead atoms. The first kappa shape index (κ1) is 13.0. The van der Waals surface area contributed by atoms with E-state index >= 15 is 0 Å². The number of aromatic hydroxyl groups is 1. The number of nitrogens with zero attached hydrogens (tertiary/aromatic N) is 2. The summed E-state index contributed by atoms with van der Waals surface area (Å²) in [6, 6.07) is 9.45. The van der Waals surface area contributed by atoms with Gasteiger partial charge < -0.3 is 10.1 Å². The van der Waals surface area contributed by atoms with Crippen LogP contribution < -0.4 is 5.56 Å². The van der Waals surface area contributed by atoms with Crippen molar-refractivity contribution in [3.8, 4) is 17.3 Å². The highest BCUT2D eigenvalue weighted by Crippen LogP contribution is 2.26. The van der Waals surface area contributed by atoms with E-state index in [0.717, 1.165) is 22.2 Å². The van der Waals surface area contributed by atoms with E-state index in [1.165, 1.54) is 0 Å². The number of fused-ring (bicyclic) bond motifs is 1. The fourth-order valence-electron chi connectivity index (χ4n) is 2.08. The van der Waals surface area contributed by atoms with Gasteiger partial charge in [-0.05, 0) is 41.6 Å². The number of aromatic nitrogens is 3. The number of H-pyrrole nitrogens is 1. The second-order valence-corrected chi connectivity index (χ2v) is 5.46. The zero-order valence-electron chi connectivity index (χ0n) is 10.5. The van der Waals surface area contributed by atoms with Crippen LogP contribution in [0.3, 0.4) is 0 Å². The average Bonchev–Trinajstić information content (AvgIpc) is 2.43. The van der Waals surface area contributed by atoms with E-state index in [1.54, 1.807) is 22.6 Å². The van der Waals surface area contributed by atoms with E-state index in [9.17, 15) is 9.90 Å². The quantitative estimate of drug-likeness (QED) is 0.638. The fourth-order valence-corrected chi connectivity index (χ4v) is 2.33. The van der Waals surface area contributed by atoms with Gasteiger partial charge in [0.1, 0.15) is 9.39 Å². The Balaban J connectivity index is 2.37. The maximum absolute atomic E-state index is 11.8. The van der Waals surface area contributed by atoms with Gasteiger partial charge in [0.2, 0.25) is 5.88 Å². The van der Waals surface area contributed by atoms with Gasteiger partial charge in [0, 0.05) is 16.6 Å². The van der Waals surface area contributed by atoms with Crippen molar-refractivity contribution in [1.29, 1.82) is 0 Å². The van der Waals surface area contributed by atoms with E-state index in [4.69, 9.17) is 0 Å². The Labute approximate surface area is 127 Å². The summed E-state index contributed by atoms with van der Waals surface area (Å²) in [6.07, 6.45) is 0. The molecule has 0 saturated heterocycles. The molecule has 0 aliphatic carbocycles. The number of nitrogens with one attached hydrogen (secondary N) is 1. The van der Waals surface area contributed by atoms with Gasteiger partial charge in [0.15, 0.2) is 0 Å². The van der Waals surface area contributed by atoms with Gasteiger partial charge in [-0.15, -0.1) is 0 Å². The fraction of sp³-hybridized carbons (Fsp3) is 0.0714. The smallest absolute Gasteiger partial charge is 0.268 e. The van der Waals surface area contributed by atoms with Crippen LogP contribution in [0.15, 0.2) is 35.1 Å². The van der Waals surface area contributed by atoms with E-state index in [0.29, 0.717) is 5.82 Å². The predicted octanol–water partition coefficient (Wildman–Crippen LogP) is 2.60. The zero-order valence-corrected chi connectivity index (χ0v) is 12.7. The molecule has 2 N–H and O–H groups in total. The Morgan fingerprint density at radius 1 is 1.25 bits per heavy atom. The molecule has 2 heterocycles. The molecule has 20 heavy (non-hydrogen) atoms. The molecule has 2 aromatic heterocycles. The molecule has 3 rings (SSSR count). The highest BCUT2D eigenvalue weighted by atomic mass is 127. The molecule has 0 aliphatic heterocycles. The van der Waals surface area contributed by atoms with Crippen molar-refractivity contribution in [2.24, 2.45) is 0 Å². The molecule has 0 fully saturated rings. The molecule has 1 aromatic carbocycles. The van der Waals surface area contributed by atoms with E-state index in [2.05, 4.69) is 15.0 Å². The summed E-state index contributed by atoms with van der Waals surface area (Å²) in [5.41, 5.74) is 2.03. The summed E-state index contributed by atoms with van der Waals surface area (Å²) in [6.45, 7) is 1.88. The van der Waals surface area contributed by atoms with Crippen molar-refractivity contribution in [2.45, 2.75) is 6.92 Å². The van der Waals surface area contributed by atoms with Crippen LogP contribution in [-0.4, -0.2) is 20.1 Å². The molecule has 0 unspecified atom stereocenters. The van der Waals surface area contributed by atoms with E-state index in [-0.39, 0.29) is 15.0 Å². The minimum Gasteiger partial charge on any atom is -0.492 e. The van der Waals surface area contributed by atoms with Crippen molar-refractivity contribution in [2.75, 3.05) is 0 Å². The number of halogens is 1. The van der Waals surface area contributed by atoms with Crippen molar-refractivity contribution in [1.82, 2.24) is 15.0 Å². The molecule has 3 aromatic rings. The summed E-state index contributed by atoms with van der Waals surface area (Å²) in [4.78, 5) is 23.0. The van der Waals surface area contributed by atoms with Gasteiger partial charge in [-0.3, -0.25) is 9.78 Å². The monoisotopic (exact) mass is 379 g/mol. The normalized spacial score (nSPS) is 10.9. The van der Waals surface area contributed by atoms with Crippen LogP contribution in [0.4, 0.5) is 0 Å². The number of hydrogen-bond acceptors (Lipinski definition) is 4. The largest absolute Gasteiger partial charge is 0.492 e. The van der Waals surface area contributed by atoms with Crippen LogP contribution in [0, 0.1) is 10.5 Å². The number of hydrogen-bond donors (Lipinski definition) is 2. The van der Waals surface area contributed by atoms with Crippen LogP contribution in [-0.2, 0) is 0 Å². The van der Waals surface area contributed by atoms with Crippen LogP contribution in [0.1, 0.15) is 5.69 Å². The van der Waals surface area contributed by atoms with Gasteiger partial charge >= 0.3 is 0 Å². The first-order valence-electron chi connectivity index (χ1n) is 5.92. The second kappa shape index (κ2) is 4.86. The van der Waals surface area contributed by atoms with Crippen LogP contribution in [0.5, 0.6) is 5.88 Å². The van der Waals surface area contributed by atoms with Crippen molar-refractivity contribution >= 4 is 33.5 Å². The van der Waals surface area contributed by atoms with E-state index in [1.807, 2.05) is 37.3 Å². The standard InChI is InChI=1S/C14H10IN3O2/c1-7-6-9(8-4-2-3-5-10(8)16-7)12-17-13(19)11(15)14(20)18-12/h2-6H,1H3,(H2,17,18,19,20). The van der Waals surface area contributed by atoms with Gasteiger partial charge in [0.25, 0.3) is 5.56 Å². The topological polar surface area (TPSA) is 78.9 Å². The molecule has 0 atom stereocenters. The third-order valence-corrected chi connectivity index (χ3v) is 3.92. The minimum absolute atomic E-state index is 0.182. The SMILES string of the molecule is Cc1cc(-c2nc(O)c(I)c(=O)[nH]2)c2ccccc2n1. The summed E-state index contributed by atoms with van der Waals surface area (Å²) in [7, 11) is 0. The molecule has 5 nitrogen and oxygen atoms in total. The molecular formula is C14H10IN3O2. The maximum atomic E-state index is 11.8. The lowest BCUT2D eigenvalue weighted by molar-refractivity contribution is 0.447. The highest BCUT2D eigenvalue weighted by molar-refractivity contribution is 14.1. The molecule has 6 heteroatoms. The number of rotatable bonds is 1. The maximum Gasteiger partial charge on any atom is 0.268 e. The minimum atomic E-state index is -0.355. The Kier molecular flexibility index (Phi) is 3.17. The summed E-state index contributed by atoms with van der Waals surface area (Å²) in [5.74, 6) is 0.0810. The molecule has 0 amide bonds. The van der Waals surface area contributed by atoms with Crippen molar-refractivity contribution < 1.29 is 5.11 Å². The lowest BCUT2D eigenvalue weighted by Crippen LogP contribution is -2.12. The molecule has 0 aliphatic rings. The van der Waals surface area contributed by atoms with E-state index < -0.39 is 0 Å². The molecule has 0 spiro atoms. The third-order valence-electron chi connectivity index (χ3n) is 2.94. The molecule has 100 valence electrons. The number of para-hydroxylation sites is 1. The summed E-state index contributed by atoms with van der Waals surface area (Å²) < 4.78 is 0.182. The zero-order chi connectivity index (χ0) is 14.3. The Hall–Kier alpha value is -1.96. The van der Waals surface area contributed by atoms with Crippen molar-refractivity contribution in [3.05, 3.63) is 49.9 Å². The van der Waals surface area contributed by atoms with Gasteiger partial charge in [-0.25, -0.2) is 0 Å². The van der Waals surface area contributed by atoms with Crippen LogP contribution >= 0.6 is 22.6 Å². The van der Waals surface area contributed by atoms with Gasteiger partial charge in [-0.2, -0.15) is 4.98 Å². The summed E-state index contributed by atoms with van der Waals surface area (Å²) in [5, 5.41) is 10.6. The molecule has 0 saturated carbocycles. The number of aryl methyl sites for hydroxylation is 1. The second-order valence-electron chi connectivity index (χ2n) is 4.38. The van der Waals surface area contributed by atoms with Gasteiger partial charge in [-0.1, -0.05) is 18.2 Å². The number of pyridine rings is 1. The third kappa shape index (κ3) is 2.15. The van der Waals surface area contributed by atoms with Crippen LogP contribution in [0.25, 0.3) is 22.3 Å².